The normalized spacial score (nSPS) is 16.0. The molecule has 1 atom stereocenters. The monoisotopic (exact) mass is 327 g/mol. The number of imidazole rings is 1. The average Bonchev–Trinajstić information content (AvgIpc) is 3.22. The van der Waals surface area contributed by atoms with Crippen molar-refractivity contribution < 1.29 is 5.11 Å². The van der Waals surface area contributed by atoms with Crippen LogP contribution in [0, 0.1) is 0 Å². The average molecular weight is 327 g/mol. The fourth-order valence-electron chi connectivity index (χ4n) is 3.05. The fourth-order valence-corrected chi connectivity index (χ4v) is 3.79. The predicted octanol–water partition coefficient (Wildman–Crippen LogP) is 2.97. The summed E-state index contributed by atoms with van der Waals surface area (Å²) < 4.78 is 2.20. The van der Waals surface area contributed by atoms with Crippen molar-refractivity contribution in [1.29, 1.82) is 0 Å². The molecule has 1 fully saturated rings. The molecule has 23 heavy (non-hydrogen) atoms. The van der Waals surface area contributed by atoms with Crippen LogP contribution in [-0.4, -0.2) is 27.1 Å². The zero-order valence-electron chi connectivity index (χ0n) is 13.0. The summed E-state index contributed by atoms with van der Waals surface area (Å²) in [7, 11) is 0. The standard InChI is InChI=1S/C18H21N3OS/c22-12-15(10-13-4-2-1-3-5-13)19-11-16-17(14-6-7-14)20-18-21(16)8-9-23-18/h1-5,8-9,14-15,19,22H,6-7,10-12H2/t15-/m1/s1. The zero-order valence-corrected chi connectivity index (χ0v) is 13.8. The molecule has 1 saturated carbocycles. The van der Waals surface area contributed by atoms with Crippen LogP contribution in [0.4, 0.5) is 0 Å². The van der Waals surface area contributed by atoms with E-state index in [4.69, 9.17) is 4.98 Å². The summed E-state index contributed by atoms with van der Waals surface area (Å²) in [6.45, 7) is 0.890. The molecule has 3 aromatic rings. The smallest absolute Gasteiger partial charge is 0.194 e. The van der Waals surface area contributed by atoms with Gasteiger partial charge in [0.05, 0.1) is 18.0 Å². The Morgan fingerprint density at radius 1 is 1.30 bits per heavy atom. The summed E-state index contributed by atoms with van der Waals surface area (Å²) in [5.41, 5.74) is 3.76. The second-order valence-corrected chi connectivity index (χ2v) is 7.10. The first-order chi connectivity index (χ1) is 11.3. The molecule has 2 heterocycles. The number of rotatable bonds is 7. The lowest BCUT2D eigenvalue weighted by Gasteiger charge is -2.16. The van der Waals surface area contributed by atoms with E-state index in [0.717, 1.165) is 17.9 Å². The van der Waals surface area contributed by atoms with Crippen LogP contribution in [0.25, 0.3) is 4.96 Å². The first-order valence-electron chi connectivity index (χ1n) is 8.17. The van der Waals surface area contributed by atoms with E-state index in [0.29, 0.717) is 5.92 Å². The van der Waals surface area contributed by atoms with Gasteiger partial charge >= 0.3 is 0 Å². The van der Waals surface area contributed by atoms with Crippen LogP contribution < -0.4 is 5.32 Å². The molecular formula is C18H21N3OS. The molecule has 4 nitrogen and oxygen atoms in total. The Labute approximate surface area is 139 Å². The lowest BCUT2D eigenvalue weighted by atomic mass is 10.1. The molecule has 1 aliphatic rings. The second-order valence-electron chi connectivity index (χ2n) is 6.22. The number of hydrogen-bond acceptors (Lipinski definition) is 4. The van der Waals surface area contributed by atoms with Crippen molar-refractivity contribution in [1.82, 2.24) is 14.7 Å². The Hall–Kier alpha value is -1.69. The van der Waals surface area contributed by atoms with Crippen molar-refractivity contribution in [3.8, 4) is 0 Å². The van der Waals surface area contributed by atoms with Gasteiger partial charge in [0.1, 0.15) is 0 Å². The largest absolute Gasteiger partial charge is 0.395 e. The summed E-state index contributed by atoms with van der Waals surface area (Å²) in [5.74, 6) is 0.639. The van der Waals surface area contributed by atoms with Gasteiger partial charge in [0.25, 0.3) is 0 Å². The van der Waals surface area contributed by atoms with Gasteiger partial charge in [-0.05, 0) is 24.8 Å². The van der Waals surface area contributed by atoms with Crippen LogP contribution in [0.3, 0.4) is 0 Å². The van der Waals surface area contributed by atoms with Gasteiger partial charge in [-0.1, -0.05) is 30.3 Å². The van der Waals surface area contributed by atoms with Crippen molar-refractivity contribution in [2.75, 3.05) is 6.61 Å². The topological polar surface area (TPSA) is 49.6 Å². The van der Waals surface area contributed by atoms with Gasteiger partial charge in [0, 0.05) is 30.1 Å². The molecule has 0 aliphatic heterocycles. The highest BCUT2D eigenvalue weighted by molar-refractivity contribution is 7.15. The van der Waals surface area contributed by atoms with Crippen LogP contribution >= 0.6 is 11.3 Å². The van der Waals surface area contributed by atoms with Crippen LogP contribution in [0.2, 0.25) is 0 Å². The number of hydrogen-bond donors (Lipinski definition) is 2. The molecule has 120 valence electrons. The molecular weight excluding hydrogens is 306 g/mol. The lowest BCUT2D eigenvalue weighted by molar-refractivity contribution is 0.240. The summed E-state index contributed by atoms with van der Waals surface area (Å²) in [4.78, 5) is 5.88. The van der Waals surface area contributed by atoms with E-state index < -0.39 is 0 Å². The zero-order chi connectivity index (χ0) is 15.6. The van der Waals surface area contributed by atoms with E-state index in [2.05, 4.69) is 33.4 Å². The highest BCUT2D eigenvalue weighted by Crippen LogP contribution is 2.41. The van der Waals surface area contributed by atoms with E-state index in [1.54, 1.807) is 11.3 Å². The Kier molecular flexibility index (Phi) is 4.16. The number of aromatic nitrogens is 2. The predicted molar refractivity (Wildman–Crippen MR) is 92.9 cm³/mol. The van der Waals surface area contributed by atoms with E-state index >= 15 is 0 Å². The number of aliphatic hydroxyl groups is 1. The van der Waals surface area contributed by atoms with E-state index in [1.165, 1.54) is 29.8 Å². The minimum Gasteiger partial charge on any atom is -0.395 e. The van der Waals surface area contributed by atoms with Crippen molar-refractivity contribution in [3.05, 3.63) is 58.9 Å². The van der Waals surface area contributed by atoms with Crippen molar-refractivity contribution in [2.24, 2.45) is 0 Å². The van der Waals surface area contributed by atoms with Crippen molar-refractivity contribution in [2.45, 2.75) is 37.8 Å². The minimum absolute atomic E-state index is 0.0636. The number of aliphatic hydroxyl groups excluding tert-OH is 1. The number of nitrogens with one attached hydrogen (secondary N) is 1. The SMILES string of the molecule is OC[C@@H](Cc1ccccc1)NCc1c(C2CC2)nc2sccn12. The van der Waals surface area contributed by atoms with Crippen LogP contribution in [-0.2, 0) is 13.0 Å². The number of benzene rings is 1. The Bertz CT molecular complexity index is 776. The van der Waals surface area contributed by atoms with Gasteiger partial charge in [-0.15, -0.1) is 11.3 Å². The quantitative estimate of drug-likeness (QED) is 0.701. The second kappa shape index (κ2) is 6.43. The molecule has 0 amide bonds. The number of fused-ring (bicyclic) bond motifs is 1. The Morgan fingerprint density at radius 2 is 2.13 bits per heavy atom. The summed E-state index contributed by atoms with van der Waals surface area (Å²) >= 11 is 1.68. The van der Waals surface area contributed by atoms with Crippen molar-refractivity contribution in [3.63, 3.8) is 0 Å². The van der Waals surface area contributed by atoms with Gasteiger partial charge in [-0.3, -0.25) is 4.40 Å². The summed E-state index contributed by atoms with van der Waals surface area (Å²) in [6, 6.07) is 10.4. The highest BCUT2D eigenvalue weighted by atomic mass is 32.1. The molecule has 5 heteroatoms. The molecule has 2 aromatic heterocycles. The fraction of sp³-hybridized carbons (Fsp3) is 0.389. The van der Waals surface area contributed by atoms with E-state index in [9.17, 15) is 5.11 Å². The van der Waals surface area contributed by atoms with Crippen molar-refractivity contribution >= 4 is 16.3 Å². The lowest BCUT2D eigenvalue weighted by Crippen LogP contribution is -2.34. The van der Waals surface area contributed by atoms with Gasteiger partial charge in [0.15, 0.2) is 4.96 Å². The number of thiazole rings is 1. The third-order valence-electron chi connectivity index (χ3n) is 4.46. The maximum absolute atomic E-state index is 9.70. The molecule has 0 spiro atoms. The third kappa shape index (κ3) is 3.17. The van der Waals surface area contributed by atoms with E-state index in [1.807, 2.05) is 18.2 Å². The molecule has 0 saturated heterocycles. The third-order valence-corrected chi connectivity index (χ3v) is 5.22. The maximum atomic E-state index is 9.70. The van der Waals surface area contributed by atoms with Gasteiger partial charge in [-0.2, -0.15) is 0 Å². The highest BCUT2D eigenvalue weighted by Gasteiger charge is 2.30. The van der Waals surface area contributed by atoms with Gasteiger partial charge in [0.2, 0.25) is 0 Å². The first-order valence-corrected chi connectivity index (χ1v) is 9.05. The molecule has 0 radical (unpaired) electrons. The first kappa shape index (κ1) is 14.9. The van der Waals surface area contributed by atoms with Crippen LogP contribution in [0.1, 0.15) is 35.7 Å². The Morgan fingerprint density at radius 3 is 2.87 bits per heavy atom. The van der Waals surface area contributed by atoms with Gasteiger partial charge in [-0.25, -0.2) is 4.98 Å². The maximum Gasteiger partial charge on any atom is 0.194 e. The Balaban J connectivity index is 1.49. The molecule has 0 bridgehead atoms. The molecule has 1 aliphatic carbocycles. The summed E-state index contributed by atoms with van der Waals surface area (Å²) in [5, 5.41) is 15.3. The number of nitrogens with zero attached hydrogens (tertiary/aromatic N) is 2. The van der Waals surface area contributed by atoms with E-state index in [-0.39, 0.29) is 12.6 Å². The molecule has 4 rings (SSSR count). The molecule has 1 aromatic carbocycles. The molecule has 0 unspecified atom stereocenters. The molecule has 2 N–H and O–H groups in total. The summed E-state index contributed by atoms with van der Waals surface area (Å²) in [6.07, 6.45) is 5.44. The van der Waals surface area contributed by atoms with Crippen LogP contribution in [0.15, 0.2) is 41.9 Å². The minimum atomic E-state index is 0.0636. The van der Waals surface area contributed by atoms with Gasteiger partial charge < -0.3 is 10.4 Å². The van der Waals surface area contributed by atoms with Crippen LogP contribution in [0.5, 0.6) is 0 Å².